The first-order valence-electron chi connectivity index (χ1n) is 10.4. The number of ether oxygens (including phenoxy) is 1. The Balaban J connectivity index is 1.49. The van der Waals surface area contributed by atoms with Crippen molar-refractivity contribution in [3.8, 4) is 17.0 Å². The number of benzene rings is 3. The highest BCUT2D eigenvalue weighted by atomic mass is 16.5. The van der Waals surface area contributed by atoms with Crippen LogP contribution in [0, 0.1) is 20.8 Å². The minimum Gasteiger partial charge on any atom is -0.489 e. The van der Waals surface area contributed by atoms with E-state index in [0.717, 1.165) is 16.9 Å². The van der Waals surface area contributed by atoms with Gasteiger partial charge in [0, 0.05) is 5.56 Å². The molecule has 0 fully saturated rings. The average molecular weight is 425 g/mol. The van der Waals surface area contributed by atoms with Gasteiger partial charge in [-0.1, -0.05) is 54.1 Å². The fraction of sp³-hybridized carbons (Fsp3) is 0.154. The highest BCUT2D eigenvalue weighted by molar-refractivity contribution is 5.79. The van der Waals surface area contributed by atoms with Gasteiger partial charge in [-0.2, -0.15) is 9.78 Å². The first-order chi connectivity index (χ1) is 15.5. The third-order valence-corrected chi connectivity index (χ3v) is 5.14. The molecule has 0 saturated heterocycles. The van der Waals surface area contributed by atoms with Crippen molar-refractivity contribution in [3.05, 3.63) is 111 Å². The van der Waals surface area contributed by atoms with E-state index >= 15 is 0 Å². The summed E-state index contributed by atoms with van der Waals surface area (Å²) in [4.78, 5) is 12.9. The van der Waals surface area contributed by atoms with Gasteiger partial charge < -0.3 is 4.74 Å². The molecule has 4 rings (SSSR count). The summed E-state index contributed by atoms with van der Waals surface area (Å²) in [5.74, 6) is 1.19. The van der Waals surface area contributed by atoms with Crippen molar-refractivity contribution in [2.45, 2.75) is 27.4 Å². The predicted molar refractivity (Wildman–Crippen MR) is 126 cm³/mol. The van der Waals surface area contributed by atoms with Crippen LogP contribution in [0.25, 0.3) is 11.3 Å². The Morgan fingerprint density at radius 3 is 2.41 bits per heavy atom. The fourth-order valence-electron chi connectivity index (χ4n) is 3.31. The van der Waals surface area contributed by atoms with Crippen LogP contribution in [0.4, 0.5) is 0 Å². The molecule has 6 heteroatoms. The van der Waals surface area contributed by atoms with Crippen LogP contribution < -0.4 is 10.3 Å². The summed E-state index contributed by atoms with van der Waals surface area (Å²) < 4.78 is 7.18. The van der Waals surface area contributed by atoms with Crippen LogP contribution in [0.15, 0.2) is 82.7 Å². The zero-order valence-corrected chi connectivity index (χ0v) is 18.3. The number of nitrogens with zero attached hydrogens (tertiary/aromatic N) is 4. The van der Waals surface area contributed by atoms with Gasteiger partial charge in [0.1, 0.15) is 12.4 Å². The van der Waals surface area contributed by atoms with Gasteiger partial charge >= 0.3 is 5.56 Å². The second-order valence-electron chi connectivity index (χ2n) is 7.61. The lowest BCUT2D eigenvalue weighted by atomic mass is 10.1. The third-order valence-electron chi connectivity index (χ3n) is 5.14. The van der Waals surface area contributed by atoms with Crippen molar-refractivity contribution in [2.75, 3.05) is 0 Å². The molecule has 4 aromatic rings. The summed E-state index contributed by atoms with van der Waals surface area (Å²) in [6.07, 6.45) is 1.62. The van der Waals surface area contributed by atoms with Gasteiger partial charge in [0.25, 0.3) is 0 Å². The molecule has 1 aromatic heterocycles. The Kier molecular flexibility index (Phi) is 6.22. The molecule has 0 N–H and O–H groups in total. The molecule has 32 heavy (non-hydrogen) atoms. The number of hydrogen-bond acceptors (Lipinski definition) is 5. The van der Waals surface area contributed by atoms with Gasteiger partial charge in [-0.05, 0) is 61.7 Å². The van der Waals surface area contributed by atoms with E-state index in [1.165, 1.54) is 15.8 Å². The zero-order valence-electron chi connectivity index (χ0n) is 18.3. The maximum absolute atomic E-state index is 12.9. The van der Waals surface area contributed by atoms with Crippen molar-refractivity contribution >= 4 is 6.21 Å². The third kappa shape index (κ3) is 4.81. The summed E-state index contributed by atoms with van der Waals surface area (Å²) in [6.45, 7) is 6.38. The summed E-state index contributed by atoms with van der Waals surface area (Å²) in [5, 5.41) is 12.5. The van der Waals surface area contributed by atoms with Gasteiger partial charge in [0.2, 0.25) is 0 Å². The number of rotatable bonds is 6. The van der Waals surface area contributed by atoms with Crippen molar-refractivity contribution in [1.29, 1.82) is 0 Å². The van der Waals surface area contributed by atoms with Gasteiger partial charge in [0.15, 0.2) is 11.5 Å². The first-order valence-corrected chi connectivity index (χ1v) is 10.4. The van der Waals surface area contributed by atoms with E-state index in [9.17, 15) is 4.79 Å². The maximum Gasteiger partial charge on any atom is 0.301 e. The second-order valence-corrected chi connectivity index (χ2v) is 7.61. The van der Waals surface area contributed by atoms with Crippen molar-refractivity contribution in [3.63, 3.8) is 0 Å². The molecule has 6 nitrogen and oxygen atoms in total. The molecule has 0 unspecified atom stereocenters. The maximum atomic E-state index is 12.9. The second kappa shape index (κ2) is 9.39. The molecule has 0 amide bonds. The van der Waals surface area contributed by atoms with E-state index in [0.29, 0.717) is 18.0 Å². The first kappa shape index (κ1) is 21.2. The molecule has 0 aliphatic carbocycles. The quantitative estimate of drug-likeness (QED) is 0.421. The van der Waals surface area contributed by atoms with Crippen molar-refractivity contribution in [2.24, 2.45) is 5.10 Å². The predicted octanol–water partition coefficient (Wildman–Crippen LogP) is 4.69. The van der Waals surface area contributed by atoms with Gasteiger partial charge in [0.05, 0.1) is 6.21 Å². The fourth-order valence-corrected chi connectivity index (χ4v) is 3.31. The van der Waals surface area contributed by atoms with E-state index < -0.39 is 0 Å². The summed E-state index contributed by atoms with van der Waals surface area (Å²) in [5.41, 5.74) is 5.12. The van der Waals surface area contributed by atoms with E-state index in [1.807, 2.05) is 54.6 Å². The Hall–Kier alpha value is -4.06. The highest BCUT2D eigenvalue weighted by Gasteiger charge is 2.10. The number of aromatic nitrogens is 3. The molecule has 0 saturated carbocycles. The van der Waals surface area contributed by atoms with Crippen LogP contribution in [0.3, 0.4) is 0 Å². The lowest BCUT2D eigenvalue weighted by Crippen LogP contribution is -2.23. The van der Waals surface area contributed by atoms with Crippen LogP contribution in [0.1, 0.15) is 28.1 Å². The van der Waals surface area contributed by atoms with Crippen molar-refractivity contribution in [1.82, 2.24) is 14.9 Å². The van der Waals surface area contributed by atoms with Gasteiger partial charge in [-0.15, -0.1) is 10.2 Å². The van der Waals surface area contributed by atoms with Crippen LogP contribution in [-0.2, 0) is 6.61 Å². The molecule has 1 heterocycles. The Bertz CT molecular complexity index is 1310. The lowest BCUT2D eigenvalue weighted by molar-refractivity contribution is 0.305. The Morgan fingerprint density at radius 2 is 1.69 bits per heavy atom. The molecule has 0 aliphatic rings. The summed E-state index contributed by atoms with van der Waals surface area (Å²) in [7, 11) is 0. The molecule has 0 spiro atoms. The minimum atomic E-state index is -0.312. The largest absolute Gasteiger partial charge is 0.489 e. The van der Waals surface area contributed by atoms with Crippen LogP contribution in [0.2, 0.25) is 0 Å². The van der Waals surface area contributed by atoms with Crippen LogP contribution in [-0.4, -0.2) is 21.1 Å². The van der Waals surface area contributed by atoms with E-state index in [2.05, 4.69) is 47.3 Å². The van der Waals surface area contributed by atoms with Gasteiger partial charge in [-0.3, -0.25) is 4.79 Å². The average Bonchev–Trinajstić information content (AvgIpc) is 2.80. The monoisotopic (exact) mass is 424 g/mol. The molecule has 0 radical (unpaired) electrons. The SMILES string of the molecule is Cc1ccc(COc2ccc(/C=N/n3c(C)nnc(-c4ccccc4)c3=O)cc2)c(C)c1. The molecule has 3 aromatic carbocycles. The molecule has 0 aliphatic heterocycles. The number of aryl methyl sites for hydroxylation is 3. The summed E-state index contributed by atoms with van der Waals surface area (Å²) >= 11 is 0. The topological polar surface area (TPSA) is 69.4 Å². The Morgan fingerprint density at radius 1 is 0.938 bits per heavy atom. The smallest absolute Gasteiger partial charge is 0.301 e. The highest BCUT2D eigenvalue weighted by Crippen LogP contribution is 2.16. The van der Waals surface area contributed by atoms with Crippen LogP contribution in [0.5, 0.6) is 5.75 Å². The summed E-state index contributed by atoms with van der Waals surface area (Å²) in [6, 6.07) is 23.2. The minimum absolute atomic E-state index is 0.267. The Labute approximate surface area is 186 Å². The zero-order chi connectivity index (χ0) is 22.5. The number of hydrogen-bond donors (Lipinski definition) is 0. The lowest BCUT2D eigenvalue weighted by Gasteiger charge is -2.09. The molecule has 0 atom stereocenters. The standard InChI is InChI=1S/C26H24N4O2/c1-18-9-12-23(19(2)15-18)17-32-24-13-10-21(11-14-24)16-27-30-20(3)28-29-25(26(30)31)22-7-5-4-6-8-22/h4-16H,17H2,1-3H3/b27-16+. The van der Waals surface area contributed by atoms with Gasteiger partial charge in [-0.25, -0.2) is 0 Å². The van der Waals surface area contributed by atoms with E-state index in [4.69, 9.17) is 4.74 Å². The molecular weight excluding hydrogens is 400 g/mol. The van der Waals surface area contributed by atoms with E-state index in [-0.39, 0.29) is 11.3 Å². The van der Waals surface area contributed by atoms with Crippen LogP contribution >= 0.6 is 0 Å². The van der Waals surface area contributed by atoms with Crippen molar-refractivity contribution < 1.29 is 4.74 Å². The van der Waals surface area contributed by atoms with E-state index in [1.54, 1.807) is 13.1 Å². The molecule has 0 bridgehead atoms. The molecule has 160 valence electrons. The molecular formula is C26H24N4O2. The normalized spacial score (nSPS) is 11.1.